The van der Waals surface area contributed by atoms with Crippen LogP contribution in [0.2, 0.25) is 0 Å². The molecule has 0 unspecified atom stereocenters. The monoisotopic (exact) mass is 370 g/mol. The zero-order valence-electron chi connectivity index (χ0n) is 15.4. The van der Waals surface area contributed by atoms with Crippen molar-refractivity contribution in [3.05, 3.63) is 47.5 Å². The highest BCUT2D eigenvalue weighted by molar-refractivity contribution is 7.99. The van der Waals surface area contributed by atoms with Gasteiger partial charge in [0.2, 0.25) is 5.91 Å². The van der Waals surface area contributed by atoms with Gasteiger partial charge in [0.15, 0.2) is 5.16 Å². The molecule has 1 aromatic carbocycles. The molecule has 8 heteroatoms. The van der Waals surface area contributed by atoms with E-state index in [0.717, 1.165) is 32.7 Å². The highest BCUT2D eigenvalue weighted by Gasteiger charge is 2.11. The molecule has 0 atom stereocenters. The molecule has 2 heterocycles. The summed E-state index contributed by atoms with van der Waals surface area (Å²) in [5.41, 5.74) is 4.04. The van der Waals surface area contributed by atoms with Crippen LogP contribution in [-0.4, -0.2) is 30.5 Å². The molecule has 0 bridgehead atoms. The summed E-state index contributed by atoms with van der Waals surface area (Å²) in [4.78, 5) is 13.3. The number of amides is 1. The van der Waals surface area contributed by atoms with Gasteiger partial charge in [0, 0.05) is 36.8 Å². The molecule has 0 spiro atoms. The predicted molar refractivity (Wildman–Crippen MR) is 101 cm³/mol. The third-order valence-corrected chi connectivity index (χ3v) is 5.34. The Balaban J connectivity index is 1.55. The summed E-state index contributed by atoms with van der Waals surface area (Å²) in [6.07, 6.45) is 2.79. The van der Waals surface area contributed by atoms with Gasteiger partial charge in [-0.05, 0) is 61.9 Å². The van der Waals surface area contributed by atoms with Crippen LogP contribution in [0.25, 0.3) is 0 Å². The molecule has 0 radical (unpaired) electrons. The smallest absolute Gasteiger partial charge is 0.224 e. The van der Waals surface area contributed by atoms with Gasteiger partial charge in [-0.2, -0.15) is 5.10 Å². The zero-order chi connectivity index (χ0) is 18.7. The Bertz CT molecular complexity index is 912. The average molecular weight is 370 g/mol. The first kappa shape index (κ1) is 18.2. The summed E-state index contributed by atoms with van der Waals surface area (Å²) in [5, 5.41) is 16.1. The molecule has 0 aliphatic rings. The number of anilines is 1. The zero-order valence-corrected chi connectivity index (χ0v) is 16.2. The van der Waals surface area contributed by atoms with Crippen LogP contribution >= 0.6 is 11.8 Å². The highest BCUT2D eigenvalue weighted by atomic mass is 32.2. The van der Waals surface area contributed by atoms with Crippen LogP contribution in [0.1, 0.15) is 23.4 Å². The van der Waals surface area contributed by atoms with Crippen molar-refractivity contribution in [2.45, 2.75) is 36.7 Å². The van der Waals surface area contributed by atoms with Gasteiger partial charge in [-0.3, -0.25) is 9.48 Å². The summed E-state index contributed by atoms with van der Waals surface area (Å²) in [7, 11) is 3.83. The van der Waals surface area contributed by atoms with Crippen LogP contribution in [0.5, 0.6) is 0 Å². The van der Waals surface area contributed by atoms with Crippen molar-refractivity contribution in [3.8, 4) is 0 Å². The molecule has 3 rings (SSSR count). The summed E-state index contributed by atoms with van der Waals surface area (Å²) >= 11 is 1.53. The van der Waals surface area contributed by atoms with E-state index in [2.05, 4.69) is 20.6 Å². The Labute approximate surface area is 156 Å². The molecule has 0 aliphatic carbocycles. The maximum atomic E-state index is 12.2. The largest absolute Gasteiger partial charge is 0.326 e. The summed E-state index contributed by atoms with van der Waals surface area (Å²) in [6, 6.07) is 7.73. The van der Waals surface area contributed by atoms with E-state index in [1.165, 1.54) is 11.8 Å². The van der Waals surface area contributed by atoms with Crippen LogP contribution in [0.15, 0.2) is 40.6 Å². The normalized spacial score (nSPS) is 10.9. The van der Waals surface area contributed by atoms with Gasteiger partial charge in [0.1, 0.15) is 6.33 Å². The lowest BCUT2D eigenvalue weighted by Crippen LogP contribution is -2.12. The number of carbonyl (C=O) groups excluding carboxylic acids is 1. The van der Waals surface area contributed by atoms with E-state index in [0.29, 0.717) is 12.8 Å². The molecular weight excluding hydrogens is 348 g/mol. The van der Waals surface area contributed by atoms with E-state index in [-0.39, 0.29) is 5.91 Å². The Hall–Kier alpha value is -2.61. The van der Waals surface area contributed by atoms with Crippen molar-refractivity contribution in [2.75, 3.05) is 5.32 Å². The number of benzene rings is 1. The number of nitrogens with one attached hydrogen (secondary N) is 1. The minimum absolute atomic E-state index is 0.00126. The third-order valence-electron chi connectivity index (χ3n) is 4.28. The molecule has 3 aromatic rings. The molecule has 0 aliphatic heterocycles. The van der Waals surface area contributed by atoms with Crippen LogP contribution < -0.4 is 5.32 Å². The SMILES string of the molecule is Cc1nn(C)c(C)c1CCC(=O)Nc1ccc(Sc2nncn2C)cc1. The fraction of sp³-hybridized carbons (Fsp3) is 0.333. The first-order valence-electron chi connectivity index (χ1n) is 8.35. The second kappa shape index (κ2) is 7.74. The lowest BCUT2D eigenvalue weighted by molar-refractivity contribution is -0.116. The van der Waals surface area contributed by atoms with Gasteiger partial charge in [0.05, 0.1) is 5.69 Å². The fourth-order valence-corrected chi connectivity index (χ4v) is 3.48. The predicted octanol–water partition coefficient (Wildman–Crippen LogP) is 2.89. The molecule has 0 saturated carbocycles. The maximum absolute atomic E-state index is 12.2. The Morgan fingerprint density at radius 3 is 2.50 bits per heavy atom. The Kier molecular flexibility index (Phi) is 5.41. The van der Waals surface area contributed by atoms with Crippen molar-refractivity contribution in [2.24, 2.45) is 14.1 Å². The van der Waals surface area contributed by atoms with Gasteiger partial charge in [0.25, 0.3) is 0 Å². The Morgan fingerprint density at radius 1 is 1.19 bits per heavy atom. The maximum Gasteiger partial charge on any atom is 0.224 e. The van der Waals surface area contributed by atoms with Gasteiger partial charge >= 0.3 is 0 Å². The number of hydrogen-bond donors (Lipinski definition) is 1. The van der Waals surface area contributed by atoms with Crippen LogP contribution in [-0.2, 0) is 25.3 Å². The van der Waals surface area contributed by atoms with Crippen molar-refractivity contribution in [1.82, 2.24) is 24.5 Å². The van der Waals surface area contributed by atoms with E-state index < -0.39 is 0 Å². The first-order chi connectivity index (χ1) is 12.4. The summed E-state index contributed by atoms with van der Waals surface area (Å²) in [6.45, 7) is 4.01. The number of carbonyl (C=O) groups is 1. The van der Waals surface area contributed by atoms with Crippen LogP contribution in [0, 0.1) is 13.8 Å². The first-order valence-corrected chi connectivity index (χ1v) is 9.16. The van der Waals surface area contributed by atoms with E-state index in [1.54, 1.807) is 6.33 Å². The van der Waals surface area contributed by atoms with E-state index in [1.807, 2.05) is 61.5 Å². The van der Waals surface area contributed by atoms with Crippen molar-refractivity contribution >= 4 is 23.4 Å². The second-order valence-corrected chi connectivity index (χ2v) is 7.21. The summed E-state index contributed by atoms with van der Waals surface area (Å²) in [5.74, 6) is 0.00126. The molecule has 2 aromatic heterocycles. The minimum Gasteiger partial charge on any atom is -0.326 e. The number of aromatic nitrogens is 5. The average Bonchev–Trinajstić information content (AvgIpc) is 3.11. The van der Waals surface area contributed by atoms with E-state index in [9.17, 15) is 4.79 Å². The second-order valence-electron chi connectivity index (χ2n) is 6.17. The van der Waals surface area contributed by atoms with Gasteiger partial charge in [-0.15, -0.1) is 10.2 Å². The molecule has 136 valence electrons. The fourth-order valence-electron chi connectivity index (χ4n) is 2.72. The molecule has 0 saturated heterocycles. The van der Waals surface area contributed by atoms with Crippen molar-refractivity contribution in [3.63, 3.8) is 0 Å². The standard InChI is InChI=1S/C18H22N6OS/c1-12-16(13(2)24(4)22-12)9-10-17(25)20-14-5-7-15(8-6-14)26-18-21-19-11-23(18)3/h5-8,11H,9-10H2,1-4H3,(H,20,25). The van der Waals surface area contributed by atoms with Crippen molar-refractivity contribution < 1.29 is 4.79 Å². The van der Waals surface area contributed by atoms with E-state index >= 15 is 0 Å². The topological polar surface area (TPSA) is 77.6 Å². The van der Waals surface area contributed by atoms with Gasteiger partial charge in [-0.25, -0.2) is 0 Å². The molecule has 7 nitrogen and oxygen atoms in total. The Morgan fingerprint density at radius 2 is 1.92 bits per heavy atom. The molecule has 1 amide bonds. The highest BCUT2D eigenvalue weighted by Crippen LogP contribution is 2.26. The number of hydrogen-bond acceptors (Lipinski definition) is 5. The number of rotatable bonds is 6. The quantitative estimate of drug-likeness (QED) is 0.722. The lowest BCUT2D eigenvalue weighted by atomic mass is 10.1. The van der Waals surface area contributed by atoms with Crippen LogP contribution in [0.3, 0.4) is 0 Å². The number of aryl methyl sites for hydroxylation is 3. The van der Waals surface area contributed by atoms with E-state index in [4.69, 9.17) is 0 Å². The van der Waals surface area contributed by atoms with Crippen molar-refractivity contribution in [1.29, 1.82) is 0 Å². The molecule has 26 heavy (non-hydrogen) atoms. The number of nitrogens with zero attached hydrogens (tertiary/aromatic N) is 5. The summed E-state index contributed by atoms with van der Waals surface area (Å²) < 4.78 is 3.72. The lowest BCUT2D eigenvalue weighted by Gasteiger charge is -2.07. The van der Waals surface area contributed by atoms with Crippen LogP contribution in [0.4, 0.5) is 5.69 Å². The molecular formula is C18H22N6OS. The van der Waals surface area contributed by atoms with Gasteiger partial charge < -0.3 is 9.88 Å². The third kappa shape index (κ3) is 4.13. The molecule has 1 N–H and O–H groups in total. The van der Waals surface area contributed by atoms with Gasteiger partial charge in [-0.1, -0.05) is 0 Å². The minimum atomic E-state index is 0.00126. The molecule has 0 fully saturated rings.